The van der Waals surface area contributed by atoms with Crippen LogP contribution in [0.15, 0.2) is 12.4 Å². The van der Waals surface area contributed by atoms with Gasteiger partial charge in [0.25, 0.3) is 0 Å². The molecule has 1 heterocycles. The lowest BCUT2D eigenvalue weighted by molar-refractivity contribution is 0.466. The number of rotatable bonds is 9. The molecule has 0 radical (unpaired) electrons. The van der Waals surface area contributed by atoms with Crippen molar-refractivity contribution < 1.29 is 0 Å². The van der Waals surface area contributed by atoms with Crippen molar-refractivity contribution in [2.75, 3.05) is 6.54 Å². The van der Waals surface area contributed by atoms with Gasteiger partial charge in [-0.25, -0.2) is 0 Å². The van der Waals surface area contributed by atoms with Crippen LogP contribution in [0.3, 0.4) is 0 Å². The molecule has 2 rings (SSSR count). The zero-order valence-electron chi connectivity index (χ0n) is 12.8. The first-order valence-corrected chi connectivity index (χ1v) is 8.14. The molecule has 1 fully saturated rings. The number of aromatic nitrogens is 2. The molecule has 0 saturated heterocycles. The molecule has 1 aliphatic carbocycles. The zero-order chi connectivity index (χ0) is 13.3. The van der Waals surface area contributed by atoms with E-state index in [1.165, 1.54) is 63.4 Å². The van der Waals surface area contributed by atoms with Gasteiger partial charge in [-0.1, -0.05) is 45.4 Å². The third-order valence-electron chi connectivity index (χ3n) is 4.14. The lowest BCUT2D eigenvalue weighted by atomic mass is 10.1. The fourth-order valence-corrected chi connectivity index (χ4v) is 2.92. The van der Waals surface area contributed by atoms with Gasteiger partial charge in [-0.15, -0.1) is 12.4 Å². The highest BCUT2D eigenvalue weighted by Gasteiger charge is 2.17. The second kappa shape index (κ2) is 10.2. The zero-order valence-corrected chi connectivity index (χ0v) is 13.6. The van der Waals surface area contributed by atoms with E-state index in [0.29, 0.717) is 6.04 Å². The minimum Gasteiger partial charge on any atom is -0.313 e. The van der Waals surface area contributed by atoms with E-state index in [1.54, 1.807) is 0 Å². The Kier molecular flexibility index (Phi) is 8.95. The van der Waals surface area contributed by atoms with Crippen molar-refractivity contribution in [3.05, 3.63) is 18.0 Å². The Morgan fingerprint density at radius 3 is 2.70 bits per heavy atom. The fourth-order valence-electron chi connectivity index (χ4n) is 2.92. The standard InChI is InChI=1S/C16H29N3.ClH/c1-2-3-4-5-8-11-17-12-15-13-18-19(14-15)16-9-6-7-10-16;/h13-14,16-17H,2-12H2,1H3;1H. The van der Waals surface area contributed by atoms with Gasteiger partial charge in [-0.05, 0) is 25.8 Å². The predicted molar refractivity (Wildman–Crippen MR) is 87.4 cm³/mol. The van der Waals surface area contributed by atoms with E-state index in [9.17, 15) is 0 Å². The average molecular weight is 300 g/mol. The van der Waals surface area contributed by atoms with Crippen LogP contribution in [0.2, 0.25) is 0 Å². The maximum atomic E-state index is 4.51. The van der Waals surface area contributed by atoms with Gasteiger partial charge in [0, 0.05) is 18.3 Å². The van der Waals surface area contributed by atoms with Crippen LogP contribution >= 0.6 is 12.4 Å². The van der Waals surface area contributed by atoms with E-state index in [0.717, 1.165) is 13.1 Å². The minimum atomic E-state index is 0. The molecule has 1 N–H and O–H groups in total. The Balaban J connectivity index is 0.00000200. The number of nitrogens with one attached hydrogen (secondary N) is 1. The molecule has 1 aromatic rings. The summed E-state index contributed by atoms with van der Waals surface area (Å²) in [6, 6.07) is 0.669. The summed E-state index contributed by atoms with van der Waals surface area (Å²) < 4.78 is 2.19. The molecule has 0 amide bonds. The molecule has 3 nitrogen and oxygen atoms in total. The molecule has 116 valence electrons. The fraction of sp³-hybridized carbons (Fsp3) is 0.812. The normalized spacial score (nSPS) is 15.4. The Labute approximate surface area is 129 Å². The van der Waals surface area contributed by atoms with Crippen molar-refractivity contribution in [2.24, 2.45) is 0 Å². The molecule has 0 aromatic carbocycles. The predicted octanol–water partition coefficient (Wildman–Crippen LogP) is 4.48. The van der Waals surface area contributed by atoms with Crippen molar-refractivity contribution in [1.29, 1.82) is 0 Å². The summed E-state index contributed by atoms with van der Waals surface area (Å²) in [7, 11) is 0. The first kappa shape index (κ1) is 17.5. The lowest BCUT2D eigenvalue weighted by Gasteiger charge is -2.08. The van der Waals surface area contributed by atoms with Gasteiger partial charge in [0.1, 0.15) is 0 Å². The van der Waals surface area contributed by atoms with Crippen molar-refractivity contribution in [1.82, 2.24) is 15.1 Å². The van der Waals surface area contributed by atoms with Gasteiger partial charge in [0.05, 0.1) is 12.2 Å². The van der Waals surface area contributed by atoms with Crippen LogP contribution in [0.25, 0.3) is 0 Å². The molecular weight excluding hydrogens is 270 g/mol. The Morgan fingerprint density at radius 2 is 1.95 bits per heavy atom. The third kappa shape index (κ3) is 5.84. The Bertz CT molecular complexity index is 345. The second-order valence-electron chi connectivity index (χ2n) is 5.86. The van der Waals surface area contributed by atoms with Gasteiger partial charge in [0.15, 0.2) is 0 Å². The topological polar surface area (TPSA) is 29.9 Å². The SMILES string of the molecule is CCCCCCCNCc1cnn(C2CCCC2)c1.Cl. The second-order valence-corrected chi connectivity index (χ2v) is 5.86. The van der Waals surface area contributed by atoms with Gasteiger partial charge in [-0.3, -0.25) is 4.68 Å². The van der Waals surface area contributed by atoms with Crippen molar-refractivity contribution in [3.63, 3.8) is 0 Å². The summed E-state index contributed by atoms with van der Waals surface area (Å²) in [6.45, 7) is 4.37. The van der Waals surface area contributed by atoms with Crippen molar-refractivity contribution in [3.8, 4) is 0 Å². The first-order chi connectivity index (χ1) is 9.40. The van der Waals surface area contributed by atoms with E-state index in [1.807, 2.05) is 6.20 Å². The van der Waals surface area contributed by atoms with E-state index in [2.05, 4.69) is 28.2 Å². The lowest BCUT2D eigenvalue weighted by Crippen LogP contribution is -2.14. The highest BCUT2D eigenvalue weighted by Crippen LogP contribution is 2.28. The van der Waals surface area contributed by atoms with E-state index in [4.69, 9.17) is 0 Å². The maximum absolute atomic E-state index is 4.51. The van der Waals surface area contributed by atoms with Crippen LogP contribution in [0, 0.1) is 0 Å². The smallest absolute Gasteiger partial charge is 0.0534 e. The molecule has 0 spiro atoms. The number of halogens is 1. The average Bonchev–Trinajstić information content (AvgIpc) is 3.08. The van der Waals surface area contributed by atoms with E-state index < -0.39 is 0 Å². The number of unbranched alkanes of at least 4 members (excludes halogenated alkanes) is 4. The Hall–Kier alpha value is -0.540. The minimum absolute atomic E-state index is 0. The van der Waals surface area contributed by atoms with E-state index >= 15 is 0 Å². The maximum Gasteiger partial charge on any atom is 0.0534 e. The van der Waals surface area contributed by atoms with Crippen LogP contribution < -0.4 is 5.32 Å². The van der Waals surface area contributed by atoms with Gasteiger partial charge in [0.2, 0.25) is 0 Å². The third-order valence-corrected chi connectivity index (χ3v) is 4.14. The van der Waals surface area contributed by atoms with Crippen molar-refractivity contribution in [2.45, 2.75) is 77.3 Å². The first-order valence-electron chi connectivity index (χ1n) is 8.14. The molecule has 1 saturated carbocycles. The summed E-state index contributed by atoms with van der Waals surface area (Å²) in [5.41, 5.74) is 1.33. The van der Waals surface area contributed by atoms with Crippen LogP contribution in [-0.2, 0) is 6.54 Å². The van der Waals surface area contributed by atoms with E-state index in [-0.39, 0.29) is 12.4 Å². The van der Waals surface area contributed by atoms with Crippen LogP contribution in [-0.4, -0.2) is 16.3 Å². The molecule has 0 aliphatic heterocycles. The van der Waals surface area contributed by atoms with Gasteiger partial charge >= 0.3 is 0 Å². The molecule has 1 aliphatic rings. The summed E-state index contributed by atoms with van der Waals surface area (Å²) in [5.74, 6) is 0. The molecule has 20 heavy (non-hydrogen) atoms. The van der Waals surface area contributed by atoms with Crippen LogP contribution in [0.1, 0.15) is 76.3 Å². The molecular formula is C16H30ClN3. The van der Waals surface area contributed by atoms with Crippen molar-refractivity contribution >= 4 is 12.4 Å². The monoisotopic (exact) mass is 299 g/mol. The molecule has 0 unspecified atom stereocenters. The van der Waals surface area contributed by atoms with Crippen LogP contribution in [0.5, 0.6) is 0 Å². The number of nitrogens with zero attached hydrogens (tertiary/aromatic N) is 2. The Morgan fingerprint density at radius 1 is 1.20 bits per heavy atom. The van der Waals surface area contributed by atoms with Crippen LogP contribution in [0.4, 0.5) is 0 Å². The van der Waals surface area contributed by atoms with Gasteiger partial charge in [-0.2, -0.15) is 5.10 Å². The molecule has 0 bridgehead atoms. The summed E-state index contributed by atoms with van der Waals surface area (Å²) in [4.78, 5) is 0. The largest absolute Gasteiger partial charge is 0.313 e. The highest BCUT2D eigenvalue weighted by molar-refractivity contribution is 5.85. The van der Waals surface area contributed by atoms with Gasteiger partial charge < -0.3 is 5.32 Å². The molecule has 4 heteroatoms. The summed E-state index contributed by atoms with van der Waals surface area (Å²) in [5, 5.41) is 8.04. The number of hydrogen-bond donors (Lipinski definition) is 1. The quantitative estimate of drug-likeness (QED) is 0.681. The summed E-state index contributed by atoms with van der Waals surface area (Å²) >= 11 is 0. The number of hydrogen-bond acceptors (Lipinski definition) is 2. The molecule has 0 atom stereocenters. The molecule has 1 aromatic heterocycles. The summed E-state index contributed by atoms with van der Waals surface area (Å²) in [6.07, 6.45) is 16.4. The highest BCUT2D eigenvalue weighted by atomic mass is 35.5.